The van der Waals surface area contributed by atoms with E-state index in [1.165, 1.54) is 13.8 Å². The maximum Gasteiger partial charge on any atom is 0.241 e. The van der Waals surface area contributed by atoms with E-state index in [-0.39, 0.29) is 17.5 Å². The van der Waals surface area contributed by atoms with Crippen molar-refractivity contribution in [1.82, 2.24) is 9.71 Å². The predicted molar refractivity (Wildman–Crippen MR) is 104 cm³/mol. The maximum atomic E-state index is 13.9. The van der Waals surface area contributed by atoms with Crippen LogP contribution in [-0.4, -0.2) is 25.6 Å². The fourth-order valence-electron chi connectivity index (χ4n) is 3.85. The van der Waals surface area contributed by atoms with E-state index < -0.39 is 15.7 Å². The maximum absolute atomic E-state index is 13.9. The lowest BCUT2D eigenvalue weighted by Gasteiger charge is -2.26. The molecule has 27 heavy (non-hydrogen) atoms. The Bertz CT molecular complexity index is 994. The summed E-state index contributed by atoms with van der Waals surface area (Å²) in [5, 5.41) is 1.45. The van der Waals surface area contributed by atoms with Crippen LogP contribution >= 0.6 is 0 Å². The average molecular weight is 392 g/mol. The van der Waals surface area contributed by atoms with E-state index >= 15 is 0 Å². The van der Waals surface area contributed by atoms with E-state index in [1.54, 1.807) is 12.3 Å². The van der Waals surface area contributed by atoms with Crippen LogP contribution in [-0.2, 0) is 16.4 Å². The Morgan fingerprint density at radius 3 is 2.67 bits per heavy atom. The molecule has 0 bridgehead atoms. The molecular formula is C20H26FN3O2S. The summed E-state index contributed by atoms with van der Waals surface area (Å²) in [5.74, 6) is 0.410. The van der Waals surface area contributed by atoms with E-state index in [9.17, 15) is 12.8 Å². The van der Waals surface area contributed by atoms with Crippen molar-refractivity contribution in [3.63, 3.8) is 0 Å². The first-order chi connectivity index (χ1) is 12.7. The summed E-state index contributed by atoms with van der Waals surface area (Å²) in [4.78, 5) is 4.80. The molecule has 1 atom stereocenters. The van der Waals surface area contributed by atoms with Gasteiger partial charge in [0.2, 0.25) is 10.0 Å². The van der Waals surface area contributed by atoms with Crippen LogP contribution in [0, 0.1) is 0 Å². The molecule has 5 nitrogen and oxygen atoms in total. The van der Waals surface area contributed by atoms with Crippen molar-refractivity contribution >= 4 is 20.8 Å². The Kier molecular flexibility index (Phi) is 4.52. The summed E-state index contributed by atoms with van der Waals surface area (Å²) in [7, 11) is -3.85. The molecule has 7 heteroatoms. The minimum absolute atomic E-state index is 0.112. The van der Waals surface area contributed by atoms with Gasteiger partial charge in [-0.25, -0.2) is 17.5 Å². The highest BCUT2D eigenvalue weighted by atomic mass is 32.2. The normalized spacial score (nSPS) is 20.7. The molecule has 0 saturated heterocycles. The molecule has 1 aromatic carbocycles. The summed E-state index contributed by atoms with van der Waals surface area (Å²) in [6.45, 7) is 2.44. The van der Waals surface area contributed by atoms with Gasteiger partial charge in [0, 0.05) is 41.2 Å². The third-order valence-corrected chi connectivity index (χ3v) is 6.87. The van der Waals surface area contributed by atoms with Crippen LogP contribution in [0.5, 0.6) is 0 Å². The number of nitrogens with one attached hydrogen (secondary N) is 1. The number of pyridine rings is 1. The lowest BCUT2D eigenvalue weighted by atomic mass is 9.85. The Hall–Kier alpha value is -1.57. The zero-order valence-corrected chi connectivity index (χ0v) is 16.6. The Balaban J connectivity index is 1.90. The third-order valence-electron chi connectivity index (χ3n) is 5.43. The van der Waals surface area contributed by atoms with Gasteiger partial charge in [-0.15, -0.1) is 0 Å². The van der Waals surface area contributed by atoms with Crippen LogP contribution in [0.2, 0.25) is 0 Å². The third kappa shape index (κ3) is 3.73. The number of aryl methyl sites for hydroxylation is 1. The van der Waals surface area contributed by atoms with Gasteiger partial charge in [0.1, 0.15) is 5.67 Å². The highest BCUT2D eigenvalue weighted by Crippen LogP contribution is 2.42. The number of alkyl halides is 1. The lowest BCUT2D eigenvalue weighted by molar-refractivity contribution is 0.221. The van der Waals surface area contributed by atoms with Gasteiger partial charge in [0.25, 0.3) is 0 Å². The van der Waals surface area contributed by atoms with Crippen molar-refractivity contribution < 1.29 is 12.8 Å². The van der Waals surface area contributed by atoms with Crippen molar-refractivity contribution in [2.75, 3.05) is 6.54 Å². The molecule has 0 radical (unpaired) electrons. The van der Waals surface area contributed by atoms with Crippen LogP contribution in [0.1, 0.15) is 68.3 Å². The molecule has 1 unspecified atom stereocenters. The molecule has 1 fully saturated rings. The Labute approximate surface area is 159 Å². The second-order valence-corrected chi connectivity index (χ2v) is 10.2. The molecule has 1 aromatic heterocycles. The summed E-state index contributed by atoms with van der Waals surface area (Å²) >= 11 is 0. The van der Waals surface area contributed by atoms with Gasteiger partial charge in [-0.05, 0) is 69.2 Å². The summed E-state index contributed by atoms with van der Waals surface area (Å²) < 4.78 is 42.4. The molecular weight excluding hydrogens is 365 g/mol. The number of halogens is 1. The number of hydrogen-bond donors (Lipinski definition) is 2. The van der Waals surface area contributed by atoms with Crippen LogP contribution in [0.3, 0.4) is 0 Å². The fourth-order valence-corrected chi connectivity index (χ4v) is 5.29. The number of rotatable bonds is 5. The number of nitrogens with zero attached hydrogens (tertiary/aromatic N) is 1. The van der Waals surface area contributed by atoms with Gasteiger partial charge in [-0.1, -0.05) is 0 Å². The van der Waals surface area contributed by atoms with E-state index in [4.69, 9.17) is 5.73 Å². The lowest BCUT2D eigenvalue weighted by Crippen LogP contribution is -2.35. The van der Waals surface area contributed by atoms with Gasteiger partial charge >= 0.3 is 0 Å². The first-order valence-corrected chi connectivity index (χ1v) is 11.0. The van der Waals surface area contributed by atoms with Gasteiger partial charge in [-0.2, -0.15) is 0 Å². The zero-order chi connectivity index (χ0) is 19.4. The quantitative estimate of drug-likeness (QED) is 0.817. The number of benzene rings is 1. The molecule has 1 heterocycles. The summed E-state index contributed by atoms with van der Waals surface area (Å²) in [6, 6.07) is 3.52. The van der Waals surface area contributed by atoms with Crippen LogP contribution in [0.4, 0.5) is 4.39 Å². The zero-order valence-electron chi connectivity index (χ0n) is 15.8. The Morgan fingerprint density at radius 1 is 1.26 bits per heavy atom. The number of sulfonamides is 1. The standard InChI is InChI=1S/C20H26FN3O2S/c1-20(2,21)11-24-27(25,26)18-8-13-4-3-5-16(22)19(13)15-10-23-17(9-14(15)18)12-6-7-12/h8-10,12,16,24H,3-7,11,22H2,1-2H3. The molecule has 2 aliphatic rings. The molecule has 0 aliphatic heterocycles. The molecule has 3 N–H and O–H groups in total. The highest BCUT2D eigenvalue weighted by molar-refractivity contribution is 7.89. The number of fused-ring (bicyclic) bond motifs is 3. The van der Waals surface area contributed by atoms with Crippen molar-refractivity contribution in [1.29, 1.82) is 0 Å². The topological polar surface area (TPSA) is 85.1 Å². The molecule has 4 rings (SSSR count). The monoisotopic (exact) mass is 391 g/mol. The molecule has 1 saturated carbocycles. The van der Waals surface area contributed by atoms with Gasteiger partial charge in [-0.3, -0.25) is 4.98 Å². The van der Waals surface area contributed by atoms with Crippen molar-refractivity contribution in [3.8, 4) is 0 Å². The first kappa shape index (κ1) is 18.8. The molecule has 0 spiro atoms. The smallest absolute Gasteiger partial charge is 0.241 e. The molecule has 146 valence electrons. The second-order valence-electron chi connectivity index (χ2n) is 8.42. The van der Waals surface area contributed by atoms with Gasteiger partial charge in [0.15, 0.2) is 0 Å². The van der Waals surface area contributed by atoms with E-state index in [0.29, 0.717) is 11.3 Å². The van der Waals surface area contributed by atoms with Crippen LogP contribution < -0.4 is 10.5 Å². The second kappa shape index (κ2) is 6.50. The molecule has 0 amide bonds. The number of aromatic nitrogens is 1. The van der Waals surface area contributed by atoms with E-state index in [1.807, 2.05) is 6.07 Å². The van der Waals surface area contributed by atoms with Gasteiger partial charge < -0.3 is 5.73 Å². The largest absolute Gasteiger partial charge is 0.324 e. The first-order valence-electron chi connectivity index (χ1n) is 9.55. The minimum atomic E-state index is -3.85. The van der Waals surface area contributed by atoms with E-state index in [0.717, 1.165) is 54.3 Å². The average Bonchev–Trinajstić information content (AvgIpc) is 3.43. The van der Waals surface area contributed by atoms with Crippen molar-refractivity contribution in [2.45, 2.75) is 68.5 Å². The minimum Gasteiger partial charge on any atom is -0.324 e. The molecule has 2 aliphatic carbocycles. The summed E-state index contributed by atoms with van der Waals surface area (Å²) in [6.07, 6.45) is 6.55. The van der Waals surface area contributed by atoms with Crippen molar-refractivity contribution in [2.24, 2.45) is 5.73 Å². The Morgan fingerprint density at radius 2 is 2.00 bits per heavy atom. The predicted octanol–water partition coefficient (Wildman–Crippen LogP) is 3.47. The fraction of sp³-hybridized carbons (Fsp3) is 0.550. The summed E-state index contributed by atoms with van der Waals surface area (Å²) in [5.41, 5.74) is 7.63. The molecule has 2 aromatic rings. The highest BCUT2D eigenvalue weighted by Gasteiger charge is 2.30. The number of nitrogens with two attached hydrogens (primary N) is 1. The SMILES string of the molecule is CC(C)(F)CNS(=O)(=O)c1cc2c(c3cnc(C4CC4)cc13)C(N)CCC2. The van der Waals surface area contributed by atoms with Crippen LogP contribution in [0.15, 0.2) is 23.2 Å². The van der Waals surface area contributed by atoms with E-state index in [2.05, 4.69) is 9.71 Å². The van der Waals surface area contributed by atoms with Crippen LogP contribution in [0.25, 0.3) is 10.8 Å². The van der Waals surface area contributed by atoms with Crippen molar-refractivity contribution in [3.05, 3.63) is 35.2 Å². The number of hydrogen-bond acceptors (Lipinski definition) is 4. The van der Waals surface area contributed by atoms with Gasteiger partial charge in [0.05, 0.1) is 4.90 Å².